The lowest BCUT2D eigenvalue weighted by molar-refractivity contribution is -0.143. The topological polar surface area (TPSA) is 58.6 Å². The van der Waals surface area contributed by atoms with E-state index in [-0.39, 0.29) is 24.5 Å². The van der Waals surface area contributed by atoms with Gasteiger partial charge >= 0.3 is 0 Å². The van der Waals surface area contributed by atoms with Crippen LogP contribution in [0.25, 0.3) is 0 Å². The van der Waals surface area contributed by atoms with E-state index in [1.807, 2.05) is 65.0 Å². The van der Waals surface area contributed by atoms with Crippen LogP contribution in [0.15, 0.2) is 36.4 Å². The molecule has 0 heterocycles. The summed E-state index contributed by atoms with van der Waals surface area (Å²) in [7, 11) is 0. The predicted molar refractivity (Wildman–Crippen MR) is 137 cm³/mol. The molecule has 5 nitrogen and oxygen atoms in total. The summed E-state index contributed by atoms with van der Waals surface area (Å²) in [5.41, 5.74) is 5.42. The van der Waals surface area contributed by atoms with Gasteiger partial charge in [-0.1, -0.05) is 56.5 Å². The van der Waals surface area contributed by atoms with Crippen molar-refractivity contribution < 1.29 is 14.3 Å². The van der Waals surface area contributed by atoms with Crippen molar-refractivity contribution in [2.75, 3.05) is 6.61 Å². The van der Waals surface area contributed by atoms with Crippen LogP contribution in [-0.4, -0.2) is 35.4 Å². The Hall–Kier alpha value is -2.82. The maximum Gasteiger partial charge on any atom is 0.261 e. The molecular formula is C29H40N2O3. The number of carbonyl (C=O) groups is 2. The SMILES string of the molecule is CC[C@H](C(=O)NC1CCCCC1)N(Cc1ccccc1C)C(=O)COc1cc(C)cc(C)c1C. The highest BCUT2D eigenvalue weighted by atomic mass is 16.5. The Balaban J connectivity index is 1.80. The first-order chi connectivity index (χ1) is 16.3. The minimum absolute atomic E-state index is 0.0566. The Bertz CT molecular complexity index is 995. The van der Waals surface area contributed by atoms with Crippen molar-refractivity contribution in [3.63, 3.8) is 0 Å². The summed E-state index contributed by atoms with van der Waals surface area (Å²) < 4.78 is 6.01. The minimum atomic E-state index is -0.530. The number of amides is 2. The van der Waals surface area contributed by atoms with Crippen molar-refractivity contribution in [1.82, 2.24) is 10.2 Å². The molecule has 0 radical (unpaired) electrons. The summed E-state index contributed by atoms with van der Waals surface area (Å²) >= 11 is 0. The monoisotopic (exact) mass is 464 g/mol. The standard InChI is InChI=1S/C29H40N2O3/c1-6-26(29(33)30-25-14-8-7-9-15-25)31(18-24-13-11-10-12-21(24)3)28(32)19-34-27-17-20(2)16-22(4)23(27)5/h10-13,16-17,25-26H,6-9,14-15,18-19H2,1-5H3,(H,30,33)/t26-/m1/s1. The van der Waals surface area contributed by atoms with Crippen LogP contribution in [-0.2, 0) is 16.1 Å². The van der Waals surface area contributed by atoms with Crippen LogP contribution in [0.1, 0.15) is 73.3 Å². The van der Waals surface area contributed by atoms with Crippen molar-refractivity contribution >= 4 is 11.8 Å². The molecule has 5 heteroatoms. The fourth-order valence-corrected chi connectivity index (χ4v) is 4.81. The van der Waals surface area contributed by atoms with E-state index in [9.17, 15) is 9.59 Å². The average Bonchev–Trinajstić information content (AvgIpc) is 2.82. The molecule has 1 saturated carbocycles. The van der Waals surface area contributed by atoms with Crippen LogP contribution in [0.2, 0.25) is 0 Å². The van der Waals surface area contributed by atoms with E-state index in [0.29, 0.717) is 13.0 Å². The van der Waals surface area contributed by atoms with Gasteiger partial charge in [0.05, 0.1) is 0 Å². The number of ether oxygens (including phenoxy) is 1. The minimum Gasteiger partial charge on any atom is -0.483 e. The second kappa shape index (κ2) is 12.0. The third kappa shape index (κ3) is 6.62. The molecule has 0 aliphatic heterocycles. The van der Waals surface area contributed by atoms with Crippen molar-refractivity contribution in [2.45, 2.75) is 91.8 Å². The van der Waals surface area contributed by atoms with Crippen molar-refractivity contribution in [3.8, 4) is 5.75 Å². The summed E-state index contributed by atoms with van der Waals surface area (Å²) in [5.74, 6) is 0.493. The van der Waals surface area contributed by atoms with Gasteiger partial charge in [0.25, 0.3) is 5.91 Å². The molecule has 0 unspecified atom stereocenters. The number of nitrogens with one attached hydrogen (secondary N) is 1. The molecule has 2 aromatic rings. The van der Waals surface area contributed by atoms with E-state index in [0.717, 1.165) is 59.3 Å². The zero-order valence-electron chi connectivity index (χ0n) is 21.4. The number of aryl methyl sites for hydroxylation is 3. The molecule has 3 rings (SSSR count). The van der Waals surface area contributed by atoms with Crippen LogP contribution >= 0.6 is 0 Å². The van der Waals surface area contributed by atoms with Gasteiger partial charge in [0.2, 0.25) is 5.91 Å². The van der Waals surface area contributed by atoms with Gasteiger partial charge in [-0.2, -0.15) is 0 Å². The average molecular weight is 465 g/mol. The van der Waals surface area contributed by atoms with E-state index in [4.69, 9.17) is 4.74 Å². The molecule has 34 heavy (non-hydrogen) atoms. The number of carbonyl (C=O) groups excluding carboxylic acids is 2. The molecule has 0 aromatic heterocycles. The van der Waals surface area contributed by atoms with E-state index < -0.39 is 6.04 Å². The lowest BCUT2D eigenvalue weighted by Crippen LogP contribution is -2.52. The van der Waals surface area contributed by atoms with Gasteiger partial charge in [-0.05, 0) is 80.8 Å². The quantitative estimate of drug-likeness (QED) is 0.529. The molecule has 2 aromatic carbocycles. The summed E-state index contributed by atoms with van der Waals surface area (Å²) in [6.45, 7) is 10.4. The fourth-order valence-electron chi connectivity index (χ4n) is 4.81. The lowest BCUT2D eigenvalue weighted by Gasteiger charge is -2.33. The van der Waals surface area contributed by atoms with Crippen LogP contribution in [0.4, 0.5) is 0 Å². The number of hydrogen-bond acceptors (Lipinski definition) is 3. The first-order valence-electron chi connectivity index (χ1n) is 12.6. The molecule has 1 N–H and O–H groups in total. The predicted octanol–water partition coefficient (Wildman–Crippen LogP) is 5.56. The van der Waals surface area contributed by atoms with Gasteiger partial charge in [-0.25, -0.2) is 0 Å². The van der Waals surface area contributed by atoms with E-state index in [2.05, 4.69) is 11.4 Å². The Morgan fingerprint density at radius 3 is 2.41 bits per heavy atom. The van der Waals surface area contributed by atoms with Gasteiger partial charge < -0.3 is 15.0 Å². The van der Waals surface area contributed by atoms with E-state index in [1.54, 1.807) is 4.90 Å². The van der Waals surface area contributed by atoms with E-state index in [1.165, 1.54) is 6.42 Å². The Labute approximate surface area is 204 Å². The van der Waals surface area contributed by atoms with Gasteiger partial charge in [0.1, 0.15) is 11.8 Å². The van der Waals surface area contributed by atoms with Gasteiger partial charge in [-0.15, -0.1) is 0 Å². The van der Waals surface area contributed by atoms with Gasteiger partial charge in [0.15, 0.2) is 6.61 Å². The first-order valence-corrected chi connectivity index (χ1v) is 12.6. The fraction of sp³-hybridized carbons (Fsp3) is 0.517. The third-order valence-electron chi connectivity index (χ3n) is 7.05. The van der Waals surface area contributed by atoms with E-state index >= 15 is 0 Å². The molecule has 1 aliphatic rings. The summed E-state index contributed by atoms with van der Waals surface area (Å²) in [6, 6.07) is 11.8. The Kier molecular flexibility index (Phi) is 9.14. The highest BCUT2D eigenvalue weighted by molar-refractivity contribution is 5.88. The zero-order chi connectivity index (χ0) is 24.7. The summed E-state index contributed by atoms with van der Waals surface area (Å²) in [6.07, 6.45) is 6.12. The summed E-state index contributed by atoms with van der Waals surface area (Å²) in [5, 5.41) is 3.23. The molecular weight excluding hydrogens is 424 g/mol. The van der Waals surface area contributed by atoms with Gasteiger partial charge in [0, 0.05) is 12.6 Å². The number of benzene rings is 2. The molecule has 2 amide bonds. The normalized spacial score (nSPS) is 15.0. The van der Waals surface area contributed by atoms with Crippen LogP contribution in [0.5, 0.6) is 5.75 Å². The largest absolute Gasteiger partial charge is 0.483 e. The Morgan fingerprint density at radius 1 is 1.03 bits per heavy atom. The maximum absolute atomic E-state index is 13.5. The molecule has 0 bridgehead atoms. The smallest absolute Gasteiger partial charge is 0.261 e. The molecule has 0 spiro atoms. The highest BCUT2D eigenvalue weighted by Gasteiger charge is 2.31. The highest BCUT2D eigenvalue weighted by Crippen LogP contribution is 2.24. The van der Waals surface area contributed by atoms with Crippen molar-refractivity contribution in [3.05, 3.63) is 64.2 Å². The van der Waals surface area contributed by atoms with Crippen molar-refractivity contribution in [2.24, 2.45) is 0 Å². The van der Waals surface area contributed by atoms with Crippen LogP contribution in [0, 0.1) is 27.7 Å². The molecule has 184 valence electrons. The van der Waals surface area contributed by atoms with Crippen LogP contribution in [0.3, 0.4) is 0 Å². The van der Waals surface area contributed by atoms with Crippen LogP contribution < -0.4 is 10.1 Å². The Morgan fingerprint density at radius 2 is 1.74 bits per heavy atom. The molecule has 0 saturated heterocycles. The number of hydrogen-bond donors (Lipinski definition) is 1. The molecule has 1 fully saturated rings. The second-order valence-electron chi connectivity index (χ2n) is 9.71. The second-order valence-corrected chi connectivity index (χ2v) is 9.71. The summed E-state index contributed by atoms with van der Waals surface area (Å²) in [4.78, 5) is 28.6. The zero-order valence-corrected chi connectivity index (χ0v) is 21.4. The lowest BCUT2D eigenvalue weighted by atomic mass is 9.95. The number of rotatable bonds is 9. The number of nitrogens with zero attached hydrogens (tertiary/aromatic N) is 1. The first kappa shape index (κ1) is 25.8. The van der Waals surface area contributed by atoms with Gasteiger partial charge in [-0.3, -0.25) is 9.59 Å². The van der Waals surface area contributed by atoms with Crippen molar-refractivity contribution in [1.29, 1.82) is 0 Å². The molecule has 1 atom stereocenters. The molecule has 1 aliphatic carbocycles. The third-order valence-corrected chi connectivity index (χ3v) is 7.05. The maximum atomic E-state index is 13.5.